The molecule has 3 nitrogen and oxygen atoms in total. The molecule has 0 aromatic carbocycles. The average Bonchev–Trinajstić information content (AvgIpc) is 2.05. The zero-order valence-corrected chi connectivity index (χ0v) is 8.41. The standard InChI is InChI=1S/C8H11BrN2O/c1-12-5-7(10)6-2-3-11-8(9)4-6/h2-4,7H,5,10H2,1H3. The van der Waals surface area contributed by atoms with E-state index in [0.29, 0.717) is 6.61 Å². The normalized spacial score (nSPS) is 12.9. The lowest BCUT2D eigenvalue weighted by Crippen LogP contribution is -2.15. The fraction of sp³-hybridized carbons (Fsp3) is 0.375. The summed E-state index contributed by atoms with van der Waals surface area (Å²) < 4.78 is 5.73. The highest BCUT2D eigenvalue weighted by molar-refractivity contribution is 9.10. The summed E-state index contributed by atoms with van der Waals surface area (Å²) >= 11 is 3.27. The fourth-order valence-electron chi connectivity index (χ4n) is 0.924. The van der Waals surface area contributed by atoms with Crippen molar-refractivity contribution in [2.75, 3.05) is 13.7 Å². The molecular weight excluding hydrogens is 220 g/mol. The number of nitrogens with two attached hydrogens (primary N) is 1. The van der Waals surface area contributed by atoms with E-state index in [1.165, 1.54) is 0 Å². The van der Waals surface area contributed by atoms with Crippen molar-refractivity contribution >= 4 is 15.9 Å². The zero-order chi connectivity index (χ0) is 8.97. The van der Waals surface area contributed by atoms with Gasteiger partial charge in [-0.25, -0.2) is 4.98 Å². The topological polar surface area (TPSA) is 48.1 Å². The van der Waals surface area contributed by atoms with Gasteiger partial charge in [0, 0.05) is 13.3 Å². The predicted molar refractivity (Wildman–Crippen MR) is 50.7 cm³/mol. The van der Waals surface area contributed by atoms with Crippen molar-refractivity contribution in [3.8, 4) is 0 Å². The van der Waals surface area contributed by atoms with Gasteiger partial charge in [-0.05, 0) is 33.6 Å². The van der Waals surface area contributed by atoms with Crippen LogP contribution in [0.2, 0.25) is 0 Å². The lowest BCUT2D eigenvalue weighted by Gasteiger charge is -2.09. The van der Waals surface area contributed by atoms with Crippen LogP contribution >= 0.6 is 15.9 Å². The van der Waals surface area contributed by atoms with E-state index in [1.807, 2.05) is 12.1 Å². The van der Waals surface area contributed by atoms with Crippen molar-refractivity contribution in [2.45, 2.75) is 6.04 Å². The summed E-state index contributed by atoms with van der Waals surface area (Å²) in [6, 6.07) is 3.70. The lowest BCUT2D eigenvalue weighted by atomic mass is 10.1. The van der Waals surface area contributed by atoms with Crippen LogP contribution in [0.1, 0.15) is 11.6 Å². The van der Waals surface area contributed by atoms with Gasteiger partial charge in [-0.3, -0.25) is 0 Å². The van der Waals surface area contributed by atoms with Gasteiger partial charge in [-0.1, -0.05) is 0 Å². The Hall–Kier alpha value is -0.450. The van der Waals surface area contributed by atoms with Gasteiger partial charge in [0.05, 0.1) is 12.6 Å². The highest BCUT2D eigenvalue weighted by atomic mass is 79.9. The molecule has 1 aromatic rings. The van der Waals surface area contributed by atoms with Crippen molar-refractivity contribution in [3.05, 3.63) is 28.5 Å². The number of hydrogen-bond donors (Lipinski definition) is 1. The Kier molecular flexibility index (Phi) is 3.65. The van der Waals surface area contributed by atoms with Gasteiger partial charge in [0.1, 0.15) is 4.60 Å². The van der Waals surface area contributed by atoms with Crippen molar-refractivity contribution in [2.24, 2.45) is 5.73 Å². The summed E-state index contributed by atoms with van der Waals surface area (Å²) in [6.45, 7) is 0.524. The Morgan fingerprint density at radius 3 is 3.08 bits per heavy atom. The van der Waals surface area contributed by atoms with Crippen LogP contribution in [0.4, 0.5) is 0 Å². The van der Waals surface area contributed by atoms with E-state index in [1.54, 1.807) is 13.3 Å². The van der Waals surface area contributed by atoms with Crippen molar-refractivity contribution in [1.29, 1.82) is 0 Å². The molecule has 1 heterocycles. The minimum atomic E-state index is -0.0747. The van der Waals surface area contributed by atoms with Crippen LogP contribution in [-0.2, 0) is 4.74 Å². The maximum absolute atomic E-state index is 5.80. The van der Waals surface area contributed by atoms with Crippen molar-refractivity contribution < 1.29 is 4.74 Å². The third kappa shape index (κ3) is 2.55. The Labute approximate surface area is 80.1 Å². The van der Waals surface area contributed by atoms with Gasteiger partial charge in [0.2, 0.25) is 0 Å². The fourth-order valence-corrected chi connectivity index (χ4v) is 1.31. The Bertz CT molecular complexity index is 255. The molecule has 0 aliphatic heterocycles. The first-order valence-corrected chi connectivity index (χ1v) is 4.39. The molecule has 1 unspecified atom stereocenters. The van der Waals surface area contributed by atoms with Crippen molar-refractivity contribution in [1.82, 2.24) is 4.98 Å². The molecule has 0 aliphatic carbocycles. The van der Waals surface area contributed by atoms with Gasteiger partial charge >= 0.3 is 0 Å². The Morgan fingerprint density at radius 2 is 2.50 bits per heavy atom. The molecule has 12 heavy (non-hydrogen) atoms. The smallest absolute Gasteiger partial charge is 0.106 e. The number of hydrogen-bond acceptors (Lipinski definition) is 3. The van der Waals surface area contributed by atoms with Gasteiger partial charge in [0.25, 0.3) is 0 Å². The lowest BCUT2D eigenvalue weighted by molar-refractivity contribution is 0.181. The van der Waals surface area contributed by atoms with Crippen LogP contribution in [0.15, 0.2) is 22.9 Å². The van der Waals surface area contributed by atoms with Gasteiger partial charge < -0.3 is 10.5 Å². The van der Waals surface area contributed by atoms with Gasteiger partial charge in [-0.2, -0.15) is 0 Å². The Morgan fingerprint density at radius 1 is 1.75 bits per heavy atom. The number of ether oxygens (including phenoxy) is 1. The van der Waals surface area contributed by atoms with Crippen LogP contribution in [0, 0.1) is 0 Å². The minimum Gasteiger partial charge on any atom is -0.383 e. The largest absolute Gasteiger partial charge is 0.383 e. The highest BCUT2D eigenvalue weighted by Crippen LogP contribution is 2.13. The first-order chi connectivity index (χ1) is 5.74. The molecule has 0 spiro atoms. The number of pyridine rings is 1. The van der Waals surface area contributed by atoms with E-state index < -0.39 is 0 Å². The molecule has 0 radical (unpaired) electrons. The van der Waals surface area contributed by atoms with Gasteiger partial charge in [-0.15, -0.1) is 0 Å². The molecule has 1 atom stereocenters. The van der Waals surface area contributed by atoms with E-state index in [-0.39, 0.29) is 6.04 Å². The molecule has 2 N–H and O–H groups in total. The summed E-state index contributed by atoms with van der Waals surface area (Å²) in [5, 5.41) is 0. The number of nitrogens with zero attached hydrogens (tertiary/aromatic N) is 1. The number of halogens is 1. The molecule has 1 aromatic heterocycles. The number of aromatic nitrogens is 1. The third-order valence-corrected chi connectivity index (χ3v) is 1.96. The summed E-state index contributed by atoms with van der Waals surface area (Å²) in [5.74, 6) is 0. The Balaban J connectivity index is 2.73. The van der Waals surface area contributed by atoms with Crippen molar-refractivity contribution in [3.63, 3.8) is 0 Å². The molecule has 0 saturated heterocycles. The van der Waals surface area contributed by atoms with E-state index in [0.717, 1.165) is 10.2 Å². The number of methoxy groups -OCH3 is 1. The van der Waals surface area contributed by atoms with Crippen LogP contribution in [0.5, 0.6) is 0 Å². The van der Waals surface area contributed by atoms with E-state index in [4.69, 9.17) is 10.5 Å². The third-order valence-electron chi connectivity index (χ3n) is 1.53. The first-order valence-electron chi connectivity index (χ1n) is 3.60. The van der Waals surface area contributed by atoms with Crippen LogP contribution in [0.3, 0.4) is 0 Å². The SMILES string of the molecule is COCC(N)c1ccnc(Br)c1. The summed E-state index contributed by atoms with van der Waals surface area (Å²) in [4.78, 5) is 4.00. The van der Waals surface area contributed by atoms with E-state index >= 15 is 0 Å². The van der Waals surface area contributed by atoms with Crippen LogP contribution in [0.25, 0.3) is 0 Å². The zero-order valence-electron chi connectivity index (χ0n) is 6.83. The molecule has 0 amide bonds. The van der Waals surface area contributed by atoms with E-state index in [2.05, 4.69) is 20.9 Å². The molecule has 1 rings (SSSR count). The van der Waals surface area contributed by atoms with Gasteiger partial charge in [0.15, 0.2) is 0 Å². The molecule has 0 bridgehead atoms. The molecule has 4 heteroatoms. The minimum absolute atomic E-state index is 0.0747. The average molecular weight is 231 g/mol. The second kappa shape index (κ2) is 4.54. The second-order valence-electron chi connectivity index (χ2n) is 2.47. The van der Waals surface area contributed by atoms with E-state index in [9.17, 15) is 0 Å². The van der Waals surface area contributed by atoms with Crippen LogP contribution in [-0.4, -0.2) is 18.7 Å². The molecule has 66 valence electrons. The molecule has 0 fully saturated rings. The second-order valence-corrected chi connectivity index (χ2v) is 3.29. The maximum atomic E-state index is 5.80. The quantitative estimate of drug-likeness (QED) is 0.801. The highest BCUT2D eigenvalue weighted by Gasteiger charge is 2.04. The monoisotopic (exact) mass is 230 g/mol. The molecule has 0 aliphatic rings. The molecular formula is C8H11BrN2O. The van der Waals surface area contributed by atoms with Crippen LogP contribution < -0.4 is 5.73 Å². The summed E-state index contributed by atoms with van der Waals surface area (Å²) in [6.07, 6.45) is 1.72. The predicted octanol–water partition coefficient (Wildman–Crippen LogP) is 1.49. The maximum Gasteiger partial charge on any atom is 0.106 e. The summed E-state index contributed by atoms with van der Waals surface area (Å²) in [5.41, 5.74) is 6.83. The first kappa shape index (κ1) is 9.64. The number of rotatable bonds is 3. The molecule has 0 saturated carbocycles. The summed E-state index contributed by atoms with van der Waals surface area (Å²) in [7, 11) is 1.64.